The third-order valence-electron chi connectivity index (χ3n) is 5.06. The Morgan fingerprint density at radius 2 is 1.69 bits per heavy atom. The number of morpholine rings is 1. The number of phenols is 1. The number of aromatic hydroxyl groups is 1. The molecule has 26 heavy (non-hydrogen) atoms. The molecule has 1 aliphatic heterocycles. The number of hydrogen-bond donors (Lipinski definition) is 1. The Labute approximate surface area is 153 Å². The van der Waals surface area contributed by atoms with Crippen molar-refractivity contribution in [2.45, 2.75) is 6.04 Å². The third kappa shape index (κ3) is 3.02. The molecule has 4 rings (SSSR count). The fourth-order valence-corrected chi connectivity index (χ4v) is 3.79. The van der Waals surface area contributed by atoms with Gasteiger partial charge in [0.1, 0.15) is 11.5 Å². The van der Waals surface area contributed by atoms with E-state index in [0.717, 1.165) is 35.2 Å². The van der Waals surface area contributed by atoms with E-state index in [1.54, 1.807) is 7.11 Å². The molecule has 1 saturated heterocycles. The van der Waals surface area contributed by atoms with E-state index < -0.39 is 0 Å². The first kappa shape index (κ1) is 16.9. The zero-order chi connectivity index (χ0) is 17.9. The van der Waals surface area contributed by atoms with Crippen LogP contribution in [-0.4, -0.2) is 43.4 Å². The van der Waals surface area contributed by atoms with Gasteiger partial charge in [-0.2, -0.15) is 0 Å². The van der Waals surface area contributed by atoms with Gasteiger partial charge in [-0.05, 0) is 11.6 Å². The maximum atomic E-state index is 11.1. The van der Waals surface area contributed by atoms with Crippen molar-refractivity contribution in [3.63, 3.8) is 0 Å². The van der Waals surface area contributed by atoms with E-state index in [0.29, 0.717) is 19.0 Å². The van der Waals surface area contributed by atoms with Crippen molar-refractivity contribution >= 4 is 10.8 Å². The lowest BCUT2D eigenvalue weighted by molar-refractivity contribution is 0.0236. The van der Waals surface area contributed by atoms with E-state index in [4.69, 9.17) is 9.47 Å². The highest BCUT2D eigenvalue weighted by Crippen LogP contribution is 2.40. The quantitative estimate of drug-likeness (QED) is 0.774. The SMILES string of the molecule is COc1cccc2c(O)c([C@@H](c3ccccc3)N3CCOCC3)ccc12. The first-order valence-electron chi connectivity index (χ1n) is 8.95. The smallest absolute Gasteiger partial charge is 0.128 e. The molecule has 0 aromatic heterocycles. The molecule has 1 fully saturated rings. The second kappa shape index (κ2) is 7.36. The van der Waals surface area contributed by atoms with Gasteiger partial charge >= 0.3 is 0 Å². The topological polar surface area (TPSA) is 41.9 Å². The second-order valence-electron chi connectivity index (χ2n) is 6.52. The molecule has 134 valence electrons. The minimum Gasteiger partial charge on any atom is -0.507 e. The van der Waals surface area contributed by atoms with Crippen LogP contribution >= 0.6 is 0 Å². The van der Waals surface area contributed by atoms with Crippen LogP contribution in [0.15, 0.2) is 60.7 Å². The summed E-state index contributed by atoms with van der Waals surface area (Å²) >= 11 is 0. The summed E-state index contributed by atoms with van der Waals surface area (Å²) in [5.41, 5.74) is 2.09. The highest BCUT2D eigenvalue weighted by atomic mass is 16.5. The van der Waals surface area contributed by atoms with E-state index >= 15 is 0 Å². The number of rotatable bonds is 4. The Bertz CT molecular complexity index is 889. The van der Waals surface area contributed by atoms with Crippen LogP contribution in [0.5, 0.6) is 11.5 Å². The Hall–Kier alpha value is -2.56. The summed E-state index contributed by atoms with van der Waals surface area (Å²) in [6.07, 6.45) is 0. The van der Waals surface area contributed by atoms with Crippen molar-refractivity contribution in [2.75, 3.05) is 33.4 Å². The van der Waals surface area contributed by atoms with Crippen LogP contribution in [0, 0.1) is 0 Å². The average Bonchev–Trinajstić information content (AvgIpc) is 2.71. The van der Waals surface area contributed by atoms with E-state index in [-0.39, 0.29) is 6.04 Å². The zero-order valence-corrected chi connectivity index (χ0v) is 14.9. The fraction of sp³-hybridized carbons (Fsp3) is 0.273. The third-order valence-corrected chi connectivity index (χ3v) is 5.06. The van der Waals surface area contributed by atoms with E-state index in [1.807, 2.05) is 48.5 Å². The van der Waals surface area contributed by atoms with Gasteiger partial charge in [-0.3, -0.25) is 4.90 Å². The molecule has 1 heterocycles. The van der Waals surface area contributed by atoms with Gasteiger partial charge in [0.25, 0.3) is 0 Å². The first-order valence-corrected chi connectivity index (χ1v) is 8.95. The van der Waals surface area contributed by atoms with Gasteiger partial charge in [-0.15, -0.1) is 0 Å². The van der Waals surface area contributed by atoms with Crippen LogP contribution < -0.4 is 4.74 Å². The van der Waals surface area contributed by atoms with Gasteiger partial charge < -0.3 is 14.6 Å². The highest BCUT2D eigenvalue weighted by molar-refractivity contribution is 5.94. The fourth-order valence-electron chi connectivity index (χ4n) is 3.79. The van der Waals surface area contributed by atoms with Gasteiger partial charge in [-0.1, -0.05) is 54.6 Å². The number of benzene rings is 3. The molecule has 1 N–H and O–H groups in total. The molecule has 3 aromatic rings. The standard InChI is InChI=1S/C22H23NO3/c1-25-20-9-5-8-18-17(20)10-11-19(22(18)24)21(16-6-3-2-4-7-16)23-12-14-26-15-13-23/h2-11,21,24H,12-15H2,1H3/t21-/m1/s1. The molecule has 0 radical (unpaired) electrons. The zero-order valence-electron chi connectivity index (χ0n) is 14.9. The summed E-state index contributed by atoms with van der Waals surface area (Å²) in [7, 11) is 1.65. The van der Waals surface area contributed by atoms with Crippen LogP contribution in [0.2, 0.25) is 0 Å². The lowest BCUT2D eigenvalue weighted by Gasteiger charge is -2.35. The maximum absolute atomic E-state index is 11.1. The van der Waals surface area contributed by atoms with Crippen molar-refractivity contribution in [3.8, 4) is 11.5 Å². The molecule has 0 spiro atoms. The number of nitrogens with zero attached hydrogens (tertiary/aromatic N) is 1. The molecular weight excluding hydrogens is 326 g/mol. The van der Waals surface area contributed by atoms with E-state index in [1.165, 1.54) is 5.56 Å². The van der Waals surface area contributed by atoms with Crippen LogP contribution in [0.4, 0.5) is 0 Å². The highest BCUT2D eigenvalue weighted by Gasteiger charge is 2.27. The molecule has 4 heteroatoms. The molecule has 0 aliphatic carbocycles. The van der Waals surface area contributed by atoms with E-state index in [2.05, 4.69) is 17.0 Å². The molecule has 3 aromatic carbocycles. The van der Waals surface area contributed by atoms with Gasteiger partial charge in [0, 0.05) is 29.4 Å². The largest absolute Gasteiger partial charge is 0.507 e. The van der Waals surface area contributed by atoms with Gasteiger partial charge in [0.05, 0.1) is 26.4 Å². The van der Waals surface area contributed by atoms with Crippen LogP contribution in [-0.2, 0) is 4.74 Å². The van der Waals surface area contributed by atoms with Crippen molar-refractivity contribution in [1.82, 2.24) is 4.90 Å². The van der Waals surface area contributed by atoms with Gasteiger partial charge in [0.2, 0.25) is 0 Å². The Morgan fingerprint density at radius 1 is 0.923 bits per heavy atom. The Morgan fingerprint density at radius 3 is 2.42 bits per heavy atom. The van der Waals surface area contributed by atoms with Gasteiger partial charge in [0.15, 0.2) is 0 Å². The maximum Gasteiger partial charge on any atom is 0.128 e. The second-order valence-corrected chi connectivity index (χ2v) is 6.52. The molecule has 4 nitrogen and oxygen atoms in total. The number of methoxy groups -OCH3 is 1. The number of hydrogen-bond acceptors (Lipinski definition) is 4. The molecule has 1 atom stereocenters. The van der Waals surface area contributed by atoms with Crippen LogP contribution in [0.1, 0.15) is 17.2 Å². The summed E-state index contributed by atoms with van der Waals surface area (Å²) < 4.78 is 11.0. The minimum absolute atomic E-state index is 0.00398. The lowest BCUT2D eigenvalue weighted by Crippen LogP contribution is -2.39. The Kier molecular flexibility index (Phi) is 4.78. The summed E-state index contributed by atoms with van der Waals surface area (Å²) in [4.78, 5) is 2.37. The van der Waals surface area contributed by atoms with Crippen molar-refractivity contribution in [3.05, 3.63) is 71.8 Å². The summed E-state index contributed by atoms with van der Waals surface area (Å²) in [6, 6.07) is 20.2. The van der Waals surface area contributed by atoms with Crippen LogP contribution in [0.3, 0.4) is 0 Å². The molecule has 0 amide bonds. The lowest BCUT2D eigenvalue weighted by atomic mass is 9.93. The monoisotopic (exact) mass is 349 g/mol. The Balaban J connectivity index is 1.86. The number of ether oxygens (including phenoxy) is 2. The predicted octanol–water partition coefficient (Wildman–Crippen LogP) is 3.98. The summed E-state index contributed by atoms with van der Waals surface area (Å²) in [5, 5.41) is 12.9. The average molecular weight is 349 g/mol. The molecule has 0 saturated carbocycles. The number of fused-ring (bicyclic) bond motifs is 1. The molecule has 0 unspecified atom stereocenters. The molecular formula is C22H23NO3. The predicted molar refractivity (Wildman–Crippen MR) is 103 cm³/mol. The van der Waals surface area contributed by atoms with Gasteiger partial charge in [-0.25, -0.2) is 0 Å². The van der Waals surface area contributed by atoms with E-state index in [9.17, 15) is 5.11 Å². The summed E-state index contributed by atoms with van der Waals surface area (Å²) in [5.74, 6) is 1.09. The summed E-state index contributed by atoms with van der Waals surface area (Å²) in [6.45, 7) is 3.11. The normalized spacial score (nSPS) is 16.5. The van der Waals surface area contributed by atoms with Crippen molar-refractivity contribution in [2.24, 2.45) is 0 Å². The van der Waals surface area contributed by atoms with Crippen LogP contribution in [0.25, 0.3) is 10.8 Å². The molecule has 1 aliphatic rings. The minimum atomic E-state index is -0.00398. The first-order chi connectivity index (χ1) is 12.8. The van der Waals surface area contributed by atoms with Crippen molar-refractivity contribution in [1.29, 1.82) is 0 Å². The molecule has 0 bridgehead atoms. The number of phenolic OH excluding ortho intramolecular Hbond substituents is 1. The van der Waals surface area contributed by atoms with Crippen molar-refractivity contribution < 1.29 is 14.6 Å².